The smallest absolute Gasteiger partial charge is 0.264 e. The minimum atomic E-state index is -3.91. The molecule has 0 spiro atoms. The fourth-order valence-electron chi connectivity index (χ4n) is 2.13. The third-order valence-corrected chi connectivity index (χ3v) is 5.71. The van der Waals surface area contributed by atoms with Gasteiger partial charge in [-0.05, 0) is 44.5 Å². The zero-order chi connectivity index (χ0) is 18.6. The monoisotopic (exact) mass is 375 g/mol. The van der Waals surface area contributed by atoms with Crippen molar-refractivity contribution in [2.45, 2.75) is 30.7 Å². The van der Waals surface area contributed by atoms with Crippen LogP contribution in [0.3, 0.4) is 0 Å². The zero-order valence-corrected chi connectivity index (χ0v) is 15.7. The summed E-state index contributed by atoms with van der Waals surface area (Å²) in [5.74, 6) is -0.828. The number of nitrogens with one attached hydrogen (secondary N) is 1. The topological polar surface area (TPSA) is 99.9 Å². The Morgan fingerprint density at radius 2 is 1.88 bits per heavy atom. The van der Waals surface area contributed by atoms with Crippen LogP contribution in [-0.4, -0.2) is 25.1 Å². The molecule has 1 aromatic heterocycles. The molecule has 0 aliphatic carbocycles. The molecule has 0 atom stereocenters. The molecule has 0 aliphatic heterocycles. The number of hydrogen-bond acceptors (Lipinski definition) is 6. The molecule has 6 nitrogen and oxygen atoms in total. The highest BCUT2D eigenvalue weighted by Gasteiger charge is 2.18. The van der Waals surface area contributed by atoms with Crippen LogP contribution in [0.2, 0.25) is 0 Å². The van der Waals surface area contributed by atoms with E-state index in [1.807, 2.05) is 11.6 Å². The normalized spacial score (nSPS) is 11.0. The number of nitriles is 1. The van der Waals surface area contributed by atoms with Crippen LogP contribution in [0, 0.1) is 32.1 Å². The highest BCUT2D eigenvalue weighted by molar-refractivity contribution is 8.00. The molecule has 1 amide bonds. The summed E-state index contributed by atoms with van der Waals surface area (Å²) >= 11 is 1.04. The number of aromatic nitrogens is 1. The minimum Gasteiger partial charge on any atom is -0.273 e. The number of nitrogens with zero attached hydrogens (tertiary/aromatic N) is 2. The van der Waals surface area contributed by atoms with Gasteiger partial charge < -0.3 is 0 Å². The third kappa shape index (κ3) is 4.81. The van der Waals surface area contributed by atoms with Gasteiger partial charge in [-0.3, -0.25) is 4.79 Å². The van der Waals surface area contributed by atoms with E-state index in [9.17, 15) is 18.5 Å². The van der Waals surface area contributed by atoms with Crippen molar-refractivity contribution in [3.63, 3.8) is 0 Å². The summed E-state index contributed by atoms with van der Waals surface area (Å²) in [7, 11) is -3.91. The Balaban J connectivity index is 2.09. The molecule has 1 heterocycles. The van der Waals surface area contributed by atoms with E-state index in [1.165, 1.54) is 12.1 Å². The van der Waals surface area contributed by atoms with Gasteiger partial charge in [0.1, 0.15) is 11.1 Å². The molecule has 8 heteroatoms. The number of thioether (sulfide) groups is 1. The van der Waals surface area contributed by atoms with E-state index in [4.69, 9.17) is 0 Å². The lowest BCUT2D eigenvalue weighted by molar-refractivity contribution is -0.116. The molecule has 0 bridgehead atoms. The standard InChI is InChI=1S/C17H17N3O3S2/c1-11-4-6-14(7-5-11)25(22,23)20-16(21)10-24-17-15(9-18)12(2)8-13(3)19-17/h4-8H,10H2,1-3H3,(H,20,21). The number of hydrogen-bond donors (Lipinski definition) is 1. The van der Waals surface area contributed by atoms with Crippen molar-refractivity contribution >= 4 is 27.7 Å². The van der Waals surface area contributed by atoms with Crippen LogP contribution in [0.4, 0.5) is 0 Å². The summed E-state index contributed by atoms with van der Waals surface area (Å²) in [5.41, 5.74) is 2.81. The molecule has 1 aromatic carbocycles. The van der Waals surface area contributed by atoms with Gasteiger partial charge in [0, 0.05) is 5.69 Å². The lowest BCUT2D eigenvalue weighted by atomic mass is 10.1. The Hall–Kier alpha value is -2.37. The van der Waals surface area contributed by atoms with Crippen LogP contribution >= 0.6 is 11.8 Å². The van der Waals surface area contributed by atoms with Crippen molar-refractivity contribution in [1.29, 1.82) is 5.26 Å². The average Bonchev–Trinajstić information content (AvgIpc) is 2.52. The van der Waals surface area contributed by atoms with Crippen molar-refractivity contribution in [3.8, 4) is 6.07 Å². The molecule has 25 heavy (non-hydrogen) atoms. The number of sulfonamides is 1. The lowest BCUT2D eigenvalue weighted by Gasteiger charge is -2.09. The van der Waals surface area contributed by atoms with Gasteiger partial charge in [0.15, 0.2) is 0 Å². The molecular formula is C17H17N3O3S2. The largest absolute Gasteiger partial charge is 0.273 e. The van der Waals surface area contributed by atoms with Gasteiger partial charge in [-0.2, -0.15) is 5.26 Å². The van der Waals surface area contributed by atoms with Gasteiger partial charge in [0.25, 0.3) is 10.0 Å². The van der Waals surface area contributed by atoms with Crippen LogP contribution in [0.5, 0.6) is 0 Å². The molecule has 1 N–H and O–H groups in total. The highest BCUT2D eigenvalue weighted by Crippen LogP contribution is 2.23. The van der Waals surface area contributed by atoms with Gasteiger partial charge in [0.05, 0.1) is 16.2 Å². The Morgan fingerprint density at radius 3 is 2.48 bits per heavy atom. The Labute approximate surface area is 151 Å². The molecule has 0 saturated heterocycles. The van der Waals surface area contributed by atoms with Crippen molar-refractivity contribution in [3.05, 3.63) is 52.7 Å². The van der Waals surface area contributed by atoms with Crippen molar-refractivity contribution < 1.29 is 13.2 Å². The number of aryl methyl sites for hydroxylation is 3. The summed E-state index contributed by atoms with van der Waals surface area (Å²) in [6.45, 7) is 5.43. The maximum Gasteiger partial charge on any atom is 0.264 e. The summed E-state index contributed by atoms with van der Waals surface area (Å²) in [4.78, 5) is 16.3. The first kappa shape index (κ1) is 19.0. The fourth-order valence-corrected chi connectivity index (χ4v) is 4.11. The molecule has 2 rings (SSSR count). The predicted molar refractivity (Wildman–Crippen MR) is 95.7 cm³/mol. The number of rotatable bonds is 5. The number of amides is 1. The van der Waals surface area contributed by atoms with Crippen molar-refractivity contribution in [2.75, 3.05) is 5.75 Å². The van der Waals surface area contributed by atoms with E-state index in [0.29, 0.717) is 10.6 Å². The minimum absolute atomic E-state index is 0.0266. The molecular weight excluding hydrogens is 358 g/mol. The molecule has 0 fully saturated rings. The van der Waals surface area contributed by atoms with Gasteiger partial charge in [0.2, 0.25) is 5.91 Å². The molecule has 0 saturated carbocycles. The van der Waals surface area contributed by atoms with E-state index < -0.39 is 15.9 Å². The molecule has 130 valence electrons. The first-order valence-electron chi connectivity index (χ1n) is 7.36. The van der Waals surface area contributed by atoms with Crippen LogP contribution in [-0.2, 0) is 14.8 Å². The van der Waals surface area contributed by atoms with Gasteiger partial charge in [-0.15, -0.1) is 0 Å². The maximum atomic E-state index is 12.2. The average molecular weight is 375 g/mol. The highest BCUT2D eigenvalue weighted by atomic mass is 32.2. The second-order valence-electron chi connectivity index (χ2n) is 5.50. The first-order chi connectivity index (χ1) is 11.7. The Morgan fingerprint density at radius 1 is 1.24 bits per heavy atom. The summed E-state index contributed by atoms with van der Waals surface area (Å²) in [5, 5.41) is 9.63. The lowest BCUT2D eigenvalue weighted by Crippen LogP contribution is -2.32. The van der Waals surface area contributed by atoms with E-state index in [2.05, 4.69) is 11.1 Å². The SMILES string of the molecule is Cc1ccc(S(=O)(=O)NC(=O)CSc2nc(C)cc(C)c2C#N)cc1. The second-order valence-corrected chi connectivity index (χ2v) is 8.15. The van der Waals surface area contributed by atoms with Crippen LogP contribution in [0.1, 0.15) is 22.4 Å². The van der Waals surface area contributed by atoms with E-state index in [0.717, 1.165) is 28.6 Å². The number of benzene rings is 1. The van der Waals surface area contributed by atoms with Gasteiger partial charge in [-0.1, -0.05) is 29.5 Å². The molecule has 0 aliphatic rings. The summed E-state index contributed by atoms with van der Waals surface area (Å²) in [6, 6.07) is 10.0. The summed E-state index contributed by atoms with van der Waals surface area (Å²) in [6.07, 6.45) is 0. The Kier molecular flexibility index (Phi) is 5.82. The van der Waals surface area contributed by atoms with Crippen molar-refractivity contribution in [2.24, 2.45) is 0 Å². The zero-order valence-electron chi connectivity index (χ0n) is 14.0. The van der Waals surface area contributed by atoms with Crippen LogP contribution < -0.4 is 4.72 Å². The predicted octanol–water partition coefficient (Wildman–Crippen LogP) is 2.48. The van der Waals surface area contributed by atoms with E-state index >= 15 is 0 Å². The number of pyridine rings is 1. The van der Waals surface area contributed by atoms with Gasteiger partial charge in [-0.25, -0.2) is 18.1 Å². The summed E-state index contributed by atoms with van der Waals surface area (Å²) < 4.78 is 26.4. The first-order valence-corrected chi connectivity index (χ1v) is 9.83. The van der Waals surface area contributed by atoms with Gasteiger partial charge >= 0.3 is 0 Å². The Bertz CT molecular complexity index is 946. The van der Waals surface area contributed by atoms with E-state index in [1.54, 1.807) is 32.0 Å². The molecule has 2 aromatic rings. The third-order valence-electron chi connectivity index (χ3n) is 3.34. The van der Waals surface area contributed by atoms with Crippen LogP contribution in [0.15, 0.2) is 40.3 Å². The maximum absolute atomic E-state index is 12.2. The molecule has 0 unspecified atom stereocenters. The fraction of sp³-hybridized carbons (Fsp3) is 0.235. The van der Waals surface area contributed by atoms with Crippen LogP contribution in [0.25, 0.3) is 0 Å². The number of carbonyl (C=O) groups is 1. The van der Waals surface area contributed by atoms with E-state index in [-0.39, 0.29) is 10.6 Å². The quantitative estimate of drug-likeness (QED) is 0.806. The number of carbonyl (C=O) groups excluding carboxylic acids is 1. The molecule has 0 radical (unpaired) electrons. The second kappa shape index (κ2) is 7.68. The van der Waals surface area contributed by atoms with Crippen molar-refractivity contribution in [1.82, 2.24) is 9.71 Å².